The summed E-state index contributed by atoms with van der Waals surface area (Å²) >= 11 is 0. The first-order chi connectivity index (χ1) is 9.60. The average molecular weight is 309 g/mol. The molecule has 2 heterocycles. The van der Waals surface area contributed by atoms with E-state index in [0.717, 1.165) is 13.0 Å². The molecule has 0 spiro atoms. The van der Waals surface area contributed by atoms with Gasteiger partial charge in [0.1, 0.15) is 5.69 Å². The van der Waals surface area contributed by atoms with E-state index >= 15 is 0 Å². The van der Waals surface area contributed by atoms with Crippen molar-refractivity contribution in [2.75, 3.05) is 13.1 Å². The van der Waals surface area contributed by atoms with Gasteiger partial charge in [-0.3, -0.25) is 9.48 Å². The second-order valence-electron chi connectivity index (χ2n) is 7.41. The predicted molar refractivity (Wildman–Crippen MR) is 85.8 cm³/mol. The third-order valence-electron chi connectivity index (χ3n) is 4.63. The van der Waals surface area contributed by atoms with Gasteiger partial charge in [0.05, 0.1) is 6.10 Å². The third kappa shape index (κ3) is 3.55. The van der Waals surface area contributed by atoms with Crippen molar-refractivity contribution < 1.29 is 9.22 Å². The lowest BCUT2D eigenvalue weighted by Crippen LogP contribution is -2.44. The maximum atomic E-state index is 12.4. The average Bonchev–Trinajstić information content (AvgIpc) is 2.95. The Bertz CT molecular complexity index is 519. The number of likely N-dealkylation sites (tertiary alicyclic amines) is 1. The van der Waals surface area contributed by atoms with Crippen LogP contribution in [0.1, 0.15) is 37.7 Å². The van der Waals surface area contributed by atoms with Gasteiger partial charge in [-0.1, -0.05) is 20.8 Å². The van der Waals surface area contributed by atoms with Gasteiger partial charge in [-0.25, -0.2) is 0 Å². The second kappa shape index (κ2) is 5.57. The van der Waals surface area contributed by atoms with Crippen LogP contribution < -0.4 is 0 Å². The Morgan fingerprint density at radius 2 is 2.10 bits per heavy atom. The van der Waals surface area contributed by atoms with Crippen LogP contribution in [-0.2, 0) is 11.5 Å². The largest absolute Gasteiger partial charge is 0.412 e. The quantitative estimate of drug-likeness (QED) is 0.807. The summed E-state index contributed by atoms with van der Waals surface area (Å²) in [6.07, 6.45) is 2.89. The molecule has 21 heavy (non-hydrogen) atoms. The van der Waals surface area contributed by atoms with Crippen molar-refractivity contribution in [1.29, 1.82) is 0 Å². The first-order valence-corrected chi connectivity index (χ1v) is 10.5. The molecule has 1 aliphatic rings. The van der Waals surface area contributed by atoms with Gasteiger partial charge in [0, 0.05) is 26.3 Å². The van der Waals surface area contributed by atoms with Gasteiger partial charge in [0.25, 0.3) is 5.91 Å². The molecular weight excluding hydrogens is 282 g/mol. The van der Waals surface area contributed by atoms with E-state index in [0.29, 0.717) is 12.2 Å². The van der Waals surface area contributed by atoms with Crippen molar-refractivity contribution >= 4 is 14.2 Å². The molecule has 1 unspecified atom stereocenters. The minimum Gasteiger partial charge on any atom is -0.412 e. The van der Waals surface area contributed by atoms with E-state index in [9.17, 15) is 4.79 Å². The molecule has 0 aromatic carbocycles. The summed E-state index contributed by atoms with van der Waals surface area (Å²) in [6, 6.07) is 1.77. The molecule has 1 atom stereocenters. The topological polar surface area (TPSA) is 47.4 Å². The summed E-state index contributed by atoms with van der Waals surface area (Å²) < 4.78 is 8.06. The number of carbonyl (C=O) groups is 1. The maximum Gasteiger partial charge on any atom is 0.274 e. The summed E-state index contributed by atoms with van der Waals surface area (Å²) in [5.74, 6) is 0.0110. The van der Waals surface area contributed by atoms with Crippen molar-refractivity contribution in [3.8, 4) is 0 Å². The fourth-order valence-corrected chi connectivity index (χ4v) is 3.67. The van der Waals surface area contributed by atoms with Crippen LogP contribution in [0.4, 0.5) is 0 Å². The number of hydrogen-bond acceptors (Lipinski definition) is 3. The molecule has 0 saturated carbocycles. The monoisotopic (exact) mass is 309 g/mol. The molecule has 0 bridgehead atoms. The van der Waals surface area contributed by atoms with E-state index in [1.54, 1.807) is 16.9 Å². The lowest BCUT2D eigenvalue weighted by Gasteiger charge is -2.38. The van der Waals surface area contributed by atoms with Crippen LogP contribution >= 0.6 is 0 Å². The fourth-order valence-electron chi connectivity index (χ4n) is 2.29. The number of aromatic nitrogens is 2. The summed E-state index contributed by atoms with van der Waals surface area (Å²) in [4.78, 5) is 14.2. The summed E-state index contributed by atoms with van der Waals surface area (Å²) in [7, 11) is 0.0564. The van der Waals surface area contributed by atoms with E-state index in [-0.39, 0.29) is 17.0 Å². The second-order valence-corrected chi connectivity index (χ2v) is 12.2. The van der Waals surface area contributed by atoms with Crippen LogP contribution in [0.3, 0.4) is 0 Å². The first kappa shape index (κ1) is 16.2. The van der Waals surface area contributed by atoms with Crippen LogP contribution in [0.2, 0.25) is 18.1 Å². The van der Waals surface area contributed by atoms with Crippen molar-refractivity contribution in [3.05, 3.63) is 18.0 Å². The zero-order valence-electron chi connectivity index (χ0n) is 14.0. The predicted octanol–water partition coefficient (Wildman–Crippen LogP) is 2.66. The summed E-state index contributed by atoms with van der Waals surface area (Å²) in [6.45, 7) is 12.7. The smallest absolute Gasteiger partial charge is 0.274 e. The van der Waals surface area contributed by atoms with Crippen molar-refractivity contribution in [2.24, 2.45) is 7.05 Å². The standard InChI is InChI=1S/C15H27N3O2Si/c1-15(2,3)21(5,6)20-12-7-10-18(11-12)14(19)13-8-9-17(4)16-13/h8-9,12H,7,10-11H2,1-6H3. The highest BCUT2D eigenvalue weighted by molar-refractivity contribution is 6.74. The third-order valence-corrected chi connectivity index (χ3v) is 9.17. The van der Waals surface area contributed by atoms with E-state index in [2.05, 4.69) is 39.0 Å². The number of carbonyl (C=O) groups excluding carboxylic acids is 1. The molecule has 1 amide bonds. The summed E-state index contributed by atoms with van der Waals surface area (Å²) in [5.41, 5.74) is 0.519. The Balaban J connectivity index is 1.96. The lowest BCUT2D eigenvalue weighted by atomic mass is 10.2. The molecule has 118 valence electrons. The van der Waals surface area contributed by atoms with Crippen molar-refractivity contribution in [3.63, 3.8) is 0 Å². The summed E-state index contributed by atoms with van der Waals surface area (Å²) in [5, 5.41) is 4.39. The fraction of sp³-hybridized carbons (Fsp3) is 0.733. The SMILES string of the molecule is Cn1ccc(C(=O)N2CCC(O[Si](C)(C)C(C)(C)C)C2)n1. The van der Waals surface area contributed by atoms with E-state index < -0.39 is 8.32 Å². The van der Waals surface area contributed by atoms with Crippen molar-refractivity contribution in [2.45, 2.75) is 51.4 Å². The molecule has 5 nitrogen and oxygen atoms in total. The molecule has 1 fully saturated rings. The van der Waals surface area contributed by atoms with Gasteiger partial charge >= 0.3 is 0 Å². The number of rotatable bonds is 3. The van der Waals surface area contributed by atoms with Gasteiger partial charge in [-0.15, -0.1) is 0 Å². The number of nitrogens with zero attached hydrogens (tertiary/aromatic N) is 3. The van der Waals surface area contributed by atoms with Gasteiger partial charge in [0.2, 0.25) is 0 Å². The number of aryl methyl sites for hydroxylation is 1. The minimum absolute atomic E-state index is 0.0110. The van der Waals surface area contributed by atoms with Crippen LogP contribution in [0.25, 0.3) is 0 Å². The molecule has 0 N–H and O–H groups in total. The van der Waals surface area contributed by atoms with Gasteiger partial charge < -0.3 is 9.33 Å². The molecule has 0 radical (unpaired) electrons. The Morgan fingerprint density at radius 1 is 1.43 bits per heavy atom. The Kier molecular flexibility index (Phi) is 4.30. The van der Waals surface area contributed by atoms with E-state index in [1.807, 2.05) is 11.9 Å². The van der Waals surface area contributed by atoms with Crippen LogP contribution in [0.15, 0.2) is 12.3 Å². The van der Waals surface area contributed by atoms with E-state index in [1.165, 1.54) is 0 Å². The normalized spacial score (nSPS) is 20.1. The Labute approximate surface area is 128 Å². The van der Waals surface area contributed by atoms with Crippen molar-refractivity contribution in [1.82, 2.24) is 14.7 Å². The van der Waals surface area contributed by atoms with E-state index in [4.69, 9.17) is 4.43 Å². The van der Waals surface area contributed by atoms with Gasteiger partial charge in [0.15, 0.2) is 8.32 Å². The number of amides is 1. The molecule has 1 saturated heterocycles. The zero-order chi connectivity index (χ0) is 15.8. The first-order valence-electron chi connectivity index (χ1n) is 7.57. The lowest BCUT2D eigenvalue weighted by molar-refractivity contribution is 0.0762. The Morgan fingerprint density at radius 3 is 2.62 bits per heavy atom. The molecule has 1 aromatic heterocycles. The number of hydrogen-bond donors (Lipinski definition) is 0. The highest BCUT2D eigenvalue weighted by Crippen LogP contribution is 2.38. The van der Waals surface area contributed by atoms with Crippen LogP contribution in [0, 0.1) is 0 Å². The van der Waals surface area contributed by atoms with Gasteiger partial charge in [-0.2, -0.15) is 5.10 Å². The molecule has 0 aliphatic carbocycles. The highest BCUT2D eigenvalue weighted by atomic mass is 28.4. The van der Waals surface area contributed by atoms with Crippen LogP contribution in [0.5, 0.6) is 0 Å². The van der Waals surface area contributed by atoms with Gasteiger partial charge in [-0.05, 0) is 30.6 Å². The molecule has 6 heteroatoms. The molecule has 1 aromatic rings. The Hall–Kier alpha value is -1.14. The van der Waals surface area contributed by atoms with Crippen LogP contribution in [-0.4, -0.2) is 48.1 Å². The minimum atomic E-state index is -1.77. The molecule has 1 aliphatic heterocycles. The molecule has 2 rings (SSSR count). The maximum absolute atomic E-state index is 12.4. The zero-order valence-corrected chi connectivity index (χ0v) is 15.0. The highest BCUT2D eigenvalue weighted by Gasteiger charge is 2.41. The molecular formula is C15H27N3O2Si.